The fourth-order valence-electron chi connectivity index (χ4n) is 1.92. The standard InChI is InChI=1S/C15H8F2N2O2S/c16-12-6-3-10(7-13(12)17)14-8-22-15(18-14)9-1-4-11(5-2-9)19(20)21/h1-8H. The Morgan fingerprint density at radius 1 is 1.00 bits per heavy atom. The fourth-order valence-corrected chi connectivity index (χ4v) is 2.76. The first kappa shape index (κ1) is 14.3. The molecule has 0 aliphatic heterocycles. The summed E-state index contributed by atoms with van der Waals surface area (Å²) in [4.78, 5) is 14.5. The van der Waals surface area contributed by atoms with Gasteiger partial charge in [-0.1, -0.05) is 0 Å². The van der Waals surface area contributed by atoms with Crippen LogP contribution in [0.4, 0.5) is 14.5 Å². The minimum atomic E-state index is -0.928. The van der Waals surface area contributed by atoms with Crippen molar-refractivity contribution in [3.63, 3.8) is 0 Å². The van der Waals surface area contributed by atoms with E-state index in [9.17, 15) is 18.9 Å². The predicted molar refractivity (Wildman–Crippen MR) is 79.6 cm³/mol. The summed E-state index contributed by atoms with van der Waals surface area (Å²) in [5, 5.41) is 13.0. The first-order chi connectivity index (χ1) is 10.5. The van der Waals surface area contributed by atoms with Crippen molar-refractivity contribution in [2.24, 2.45) is 0 Å². The highest BCUT2D eigenvalue weighted by molar-refractivity contribution is 7.13. The van der Waals surface area contributed by atoms with E-state index in [1.165, 1.54) is 29.5 Å². The van der Waals surface area contributed by atoms with E-state index in [4.69, 9.17) is 0 Å². The molecule has 1 aromatic heterocycles. The van der Waals surface area contributed by atoms with Crippen LogP contribution < -0.4 is 0 Å². The molecule has 0 aliphatic rings. The molecule has 0 spiro atoms. The third kappa shape index (κ3) is 2.71. The number of aromatic nitrogens is 1. The molecular formula is C15H8F2N2O2S. The fraction of sp³-hybridized carbons (Fsp3) is 0. The number of hydrogen-bond donors (Lipinski definition) is 0. The molecule has 0 radical (unpaired) electrons. The molecule has 0 saturated carbocycles. The van der Waals surface area contributed by atoms with Gasteiger partial charge in [0.1, 0.15) is 5.01 Å². The van der Waals surface area contributed by atoms with Gasteiger partial charge in [-0.25, -0.2) is 13.8 Å². The van der Waals surface area contributed by atoms with Crippen molar-refractivity contribution in [2.75, 3.05) is 0 Å². The monoisotopic (exact) mass is 318 g/mol. The number of halogens is 2. The van der Waals surface area contributed by atoms with Crippen LogP contribution in [-0.2, 0) is 0 Å². The average Bonchev–Trinajstić information content (AvgIpc) is 3.00. The Balaban J connectivity index is 1.93. The number of benzene rings is 2. The Hall–Kier alpha value is -2.67. The highest BCUT2D eigenvalue weighted by Crippen LogP contribution is 2.30. The second-order valence-electron chi connectivity index (χ2n) is 4.47. The molecule has 4 nitrogen and oxygen atoms in total. The van der Waals surface area contributed by atoms with Crippen molar-refractivity contribution in [3.8, 4) is 21.8 Å². The second-order valence-corrected chi connectivity index (χ2v) is 5.33. The molecular weight excluding hydrogens is 310 g/mol. The molecule has 0 fully saturated rings. The van der Waals surface area contributed by atoms with Crippen LogP contribution >= 0.6 is 11.3 Å². The molecule has 22 heavy (non-hydrogen) atoms. The van der Waals surface area contributed by atoms with Gasteiger partial charge in [0, 0.05) is 28.6 Å². The molecule has 0 aliphatic carbocycles. The van der Waals surface area contributed by atoms with Crippen molar-refractivity contribution in [2.45, 2.75) is 0 Å². The lowest BCUT2D eigenvalue weighted by Crippen LogP contribution is -1.87. The summed E-state index contributed by atoms with van der Waals surface area (Å²) >= 11 is 1.32. The average molecular weight is 318 g/mol. The van der Waals surface area contributed by atoms with Crippen LogP contribution in [0.3, 0.4) is 0 Å². The van der Waals surface area contributed by atoms with Crippen molar-refractivity contribution in [1.82, 2.24) is 4.98 Å². The molecule has 3 rings (SSSR count). The summed E-state index contributed by atoms with van der Waals surface area (Å²) < 4.78 is 26.2. The first-order valence-corrected chi connectivity index (χ1v) is 7.08. The Labute approximate surface area is 127 Å². The Kier molecular flexibility index (Phi) is 3.64. The van der Waals surface area contributed by atoms with Crippen LogP contribution in [0, 0.1) is 21.7 Å². The molecule has 1 heterocycles. The van der Waals surface area contributed by atoms with Crippen molar-refractivity contribution in [1.29, 1.82) is 0 Å². The molecule has 7 heteroatoms. The molecule has 3 aromatic rings. The lowest BCUT2D eigenvalue weighted by Gasteiger charge is -1.98. The van der Waals surface area contributed by atoms with E-state index in [-0.39, 0.29) is 5.69 Å². The summed E-state index contributed by atoms with van der Waals surface area (Å²) in [6.07, 6.45) is 0. The quantitative estimate of drug-likeness (QED) is 0.521. The lowest BCUT2D eigenvalue weighted by molar-refractivity contribution is -0.384. The van der Waals surface area contributed by atoms with Crippen LogP contribution in [0.5, 0.6) is 0 Å². The van der Waals surface area contributed by atoms with E-state index in [1.807, 2.05) is 0 Å². The Bertz CT molecular complexity index is 847. The summed E-state index contributed by atoms with van der Waals surface area (Å²) in [5.41, 5.74) is 1.73. The van der Waals surface area contributed by atoms with E-state index >= 15 is 0 Å². The molecule has 2 aromatic carbocycles. The highest BCUT2D eigenvalue weighted by Gasteiger charge is 2.11. The van der Waals surface area contributed by atoms with Crippen molar-refractivity contribution < 1.29 is 13.7 Å². The van der Waals surface area contributed by atoms with Gasteiger partial charge in [0.05, 0.1) is 10.6 Å². The number of thiazole rings is 1. The largest absolute Gasteiger partial charge is 0.269 e. The van der Waals surface area contributed by atoms with Crippen LogP contribution in [0.25, 0.3) is 21.8 Å². The van der Waals surface area contributed by atoms with Gasteiger partial charge in [0.2, 0.25) is 0 Å². The Morgan fingerprint density at radius 3 is 2.32 bits per heavy atom. The molecule has 0 unspecified atom stereocenters. The van der Waals surface area contributed by atoms with E-state index < -0.39 is 16.6 Å². The van der Waals surface area contributed by atoms with Gasteiger partial charge in [-0.3, -0.25) is 10.1 Å². The Morgan fingerprint density at radius 2 is 1.68 bits per heavy atom. The van der Waals surface area contributed by atoms with Crippen molar-refractivity contribution >= 4 is 17.0 Å². The minimum Gasteiger partial charge on any atom is -0.258 e. The SMILES string of the molecule is O=[N+]([O-])c1ccc(-c2nc(-c3ccc(F)c(F)c3)cs2)cc1. The maximum absolute atomic E-state index is 13.3. The maximum atomic E-state index is 13.3. The van der Waals surface area contributed by atoms with Crippen molar-refractivity contribution in [3.05, 3.63) is 69.6 Å². The zero-order valence-corrected chi connectivity index (χ0v) is 11.8. The number of hydrogen-bond acceptors (Lipinski definition) is 4. The smallest absolute Gasteiger partial charge is 0.258 e. The summed E-state index contributed by atoms with van der Waals surface area (Å²) in [6.45, 7) is 0. The first-order valence-electron chi connectivity index (χ1n) is 6.20. The minimum absolute atomic E-state index is 0.00105. The topological polar surface area (TPSA) is 56.0 Å². The molecule has 110 valence electrons. The highest BCUT2D eigenvalue weighted by atomic mass is 32.1. The van der Waals surface area contributed by atoms with Gasteiger partial charge in [0.15, 0.2) is 11.6 Å². The third-order valence-electron chi connectivity index (χ3n) is 3.04. The van der Waals surface area contributed by atoms with E-state index in [0.717, 1.165) is 17.7 Å². The van der Waals surface area contributed by atoms with E-state index in [2.05, 4.69) is 4.98 Å². The van der Waals surface area contributed by atoms with Gasteiger partial charge in [-0.05, 0) is 30.3 Å². The lowest BCUT2D eigenvalue weighted by atomic mass is 10.1. The normalized spacial score (nSPS) is 10.6. The third-order valence-corrected chi connectivity index (χ3v) is 3.94. The summed E-state index contributed by atoms with van der Waals surface area (Å²) in [7, 11) is 0. The molecule has 0 N–H and O–H groups in total. The van der Waals surface area contributed by atoms with Gasteiger partial charge < -0.3 is 0 Å². The zero-order chi connectivity index (χ0) is 15.7. The maximum Gasteiger partial charge on any atom is 0.269 e. The number of rotatable bonds is 3. The van der Waals surface area contributed by atoms with E-state index in [0.29, 0.717) is 16.3 Å². The van der Waals surface area contributed by atoms with E-state index in [1.54, 1.807) is 17.5 Å². The number of nitro groups is 1. The number of nitrogens with zero attached hydrogens (tertiary/aromatic N) is 2. The molecule has 0 atom stereocenters. The van der Waals surface area contributed by atoms with Gasteiger partial charge >= 0.3 is 0 Å². The van der Waals surface area contributed by atoms with Gasteiger partial charge in [-0.2, -0.15) is 0 Å². The van der Waals surface area contributed by atoms with Gasteiger partial charge in [-0.15, -0.1) is 11.3 Å². The zero-order valence-electron chi connectivity index (χ0n) is 11.0. The second kappa shape index (κ2) is 5.61. The predicted octanol–water partition coefficient (Wildman–Crippen LogP) is 4.66. The van der Waals surface area contributed by atoms with Crippen LogP contribution in [0.15, 0.2) is 47.8 Å². The summed E-state index contributed by atoms with van der Waals surface area (Å²) in [6, 6.07) is 9.59. The molecule has 0 bridgehead atoms. The number of nitro benzene ring substituents is 1. The molecule has 0 amide bonds. The van der Waals surface area contributed by atoms with Gasteiger partial charge in [0.25, 0.3) is 5.69 Å². The molecule has 0 saturated heterocycles. The number of non-ortho nitro benzene ring substituents is 1. The van der Waals surface area contributed by atoms with Crippen LogP contribution in [0.2, 0.25) is 0 Å². The van der Waals surface area contributed by atoms with Crippen LogP contribution in [-0.4, -0.2) is 9.91 Å². The summed E-state index contributed by atoms with van der Waals surface area (Å²) in [5.74, 6) is -1.84. The van der Waals surface area contributed by atoms with Crippen LogP contribution in [0.1, 0.15) is 0 Å².